The van der Waals surface area contributed by atoms with Crippen molar-refractivity contribution >= 4 is 30.0 Å². The molecule has 2 aliphatic rings. The zero-order valence-electron chi connectivity index (χ0n) is 30.1. The number of benzene rings is 4. The summed E-state index contributed by atoms with van der Waals surface area (Å²) < 4.78 is 44.2. The topological polar surface area (TPSA) is 142 Å². The van der Waals surface area contributed by atoms with Gasteiger partial charge in [-0.05, 0) is 96.3 Å². The fourth-order valence-electron chi connectivity index (χ4n) is 5.90. The summed E-state index contributed by atoms with van der Waals surface area (Å²) in [5.41, 5.74) is 3.43. The summed E-state index contributed by atoms with van der Waals surface area (Å²) >= 11 is 0. The summed E-state index contributed by atoms with van der Waals surface area (Å²) in [4.78, 5) is 49.2. The van der Waals surface area contributed by atoms with Gasteiger partial charge in [-0.1, -0.05) is 43.0 Å². The average Bonchev–Trinajstić information content (AvgIpc) is 3.81. The van der Waals surface area contributed by atoms with Crippen LogP contribution in [0.15, 0.2) is 116 Å². The molecule has 12 nitrogen and oxygen atoms in total. The number of methoxy groups -OCH3 is 1. The van der Waals surface area contributed by atoms with E-state index in [4.69, 9.17) is 37.9 Å². The lowest BCUT2D eigenvalue weighted by molar-refractivity contribution is -0.147. The van der Waals surface area contributed by atoms with E-state index in [9.17, 15) is 19.2 Å². The van der Waals surface area contributed by atoms with E-state index in [1.54, 1.807) is 30.3 Å². The zero-order chi connectivity index (χ0) is 38.6. The van der Waals surface area contributed by atoms with Gasteiger partial charge < -0.3 is 37.9 Å². The standard InChI is InChI=1S/C43H40O12/c1-3-38(44)50-25-5-4-24-49-34-19-11-30(12-20-34)29-9-6-28(7-10-29)8-23-39(45)54-36-26-51-41-37(27-52-40(36)41)55-43(47)32-15-21-35(22-16-32)53-42(46)31-13-17-33(48-2)18-14-31/h3,6-23,36-37,40-41H,1,4-5,24-27H2,2H3/b23-8+/t36-,37+,40+,41+/m0/s1. The molecule has 4 aromatic rings. The highest BCUT2D eigenvalue weighted by Gasteiger charge is 2.51. The van der Waals surface area contributed by atoms with Gasteiger partial charge >= 0.3 is 23.9 Å². The Balaban J connectivity index is 0.917. The van der Waals surface area contributed by atoms with Gasteiger partial charge in [0.05, 0.1) is 44.7 Å². The number of carbonyl (C=O) groups excluding carboxylic acids is 4. The van der Waals surface area contributed by atoms with Gasteiger partial charge in [-0.3, -0.25) is 0 Å². The maximum atomic E-state index is 12.9. The third kappa shape index (κ3) is 10.5. The highest BCUT2D eigenvalue weighted by Crippen LogP contribution is 2.31. The highest BCUT2D eigenvalue weighted by molar-refractivity contribution is 5.92. The van der Waals surface area contributed by atoms with Crippen LogP contribution in [-0.4, -0.2) is 81.8 Å². The molecule has 0 spiro atoms. The van der Waals surface area contributed by atoms with E-state index in [0.717, 1.165) is 34.9 Å². The van der Waals surface area contributed by atoms with E-state index < -0.39 is 48.3 Å². The van der Waals surface area contributed by atoms with Crippen LogP contribution >= 0.6 is 0 Å². The number of ether oxygens (including phenoxy) is 8. The Bertz CT molecular complexity index is 1970. The summed E-state index contributed by atoms with van der Waals surface area (Å²) in [6, 6.07) is 28.0. The minimum Gasteiger partial charge on any atom is -0.497 e. The first-order valence-corrected chi connectivity index (χ1v) is 17.7. The summed E-state index contributed by atoms with van der Waals surface area (Å²) in [7, 11) is 1.54. The molecule has 0 unspecified atom stereocenters. The van der Waals surface area contributed by atoms with E-state index in [-0.39, 0.29) is 24.5 Å². The van der Waals surface area contributed by atoms with Crippen molar-refractivity contribution in [3.05, 3.63) is 132 Å². The minimum atomic E-state index is -0.696. The van der Waals surface area contributed by atoms with Crippen LogP contribution in [0.25, 0.3) is 17.2 Å². The molecule has 12 heteroatoms. The number of hydrogen-bond acceptors (Lipinski definition) is 12. The molecule has 0 aliphatic carbocycles. The van der Waals surface area contributed by atoms with Gasteiger partial charge in [0.25, 0.3) is 0 Å². The van der Waals surface area contributed by atoms with E-state index in [1.165, 1.54) is 37.5 Å². The van der Waals surface area contributed by atoms with Crippen LogP contribution in [0.3, 0.4) is 0 Å². The Labute approximate surface area is 318 Å². The molecule has 6 rings (SSSR count). The molecule has 0 aromatic heterocycles. The van der Waals surface area contributed by atoms with E-state index >= 15 is 0 Å². The maximum absolute atomic E-state index is 12.9. The lowest BCUT2D eigenvalue weighted by Gasteiger charge is -2.17. The Hall–Kier alpha value is -6.24. The van der Waals surface area contributed by atoms with Crippen molar-refractivity contribution < 1.29 is 57.1 Å². The highest BCUT2D eigenvalue weighted by atomic mass is 16.7. The molecule has 55 heavy (non-hydrogen) atoms. The van der Waals surface area contributed by atoms with Crippen molar-refractivity contribution in [1.29, 1.82) is 0 Å². The lowest BCUT2D eigenvalue weighted by atomic mass is 10.0. The van der Waals surface area contributed by atoms with Gasteiger partial charge in [-0.25, -0.2) is 19.2 Å². The summed E-state index contributed by atoms with van der Waals surface area (Å²) in [5.74, 6) is -0.491. The van der Waals surface area contributed by atoms with Gasteiger partial charge in [0, 0.05) is 12.2 Å². The van der Waals surface area contributed by atoms with E-state index in [1.807, 2.05) is 48.5 Å². The van der Waals surface area contributed by atoms with E-state index in [0.29, 0.717) is 30.9 Å². The number of rotatable bonds is 16. The van der Waals surface area contributed by atoms with Crippen molar-refractivity contribution in [2.75, 3.05) is 33.5 Å². The predicted octanol–water partition coefficient (Wildman–Crippen LogP) is 6.42. The predicted molar refractivity (Wildman–Crippen MR) is 200 cm³/mol. The Kier molecular flexibility index (Phi) is 13.1. The number of fused-ring (bicyclic) bond motifs is 1. The molecule has 0 amide bonds. The van der Waals surface area contributed by atoms with Crippen LogP contribution < -0.4 is 14.2 Å². The lowest BCUT2D eigenvalue weighted by Crippen LogP contribution is -2.35. The molecule has 2 fully saturated rings. The van der Waals surface area contributed by atoms with Gasteiger partial charge in [-0.2, -0.15) is 0 Å². The molecule has 0 saturated carbocycles. The molecule has 4 atom stereocenters. The summed E-state index contributed by atoms with van der Waals surface area (Å²) in [5, 5.41) is 0. The smallest absolute Gasteiger partial charge is 0.343 e. The van der Waals surface area contributed by atoms with Crippen molar-refractivity contribution in [2.45, 2.75) is 37.3 Å². The van der Waals surface area contributed by atoms with Crippen molar-refractivity contribution in [3.63, 3.8) is 0 Å². The van der Waals surface area contributed by atoms with Gasteiger partial charge in [-0.15, -0.1) is 0 Å². The van der Waals surface area contributed by atoms with Crippen LogP contribution in [0.2, 0.25) is 0 Å². The maximum Gasteiger partial charge on any atom is 0.343 e. The fourth-order valence-corrected chi connectivity index (χ4v) is 5.90. The average molecular weight is 749 g/mol. The van der Waals surface area contributed by atoms with Crippen molar-refractivity contribution in [2.24, 2.45) is 0 Å². The first-order chi connectivity index (χ1) is 26.8. The quantitative estimate of drug-likeness (QED) is 0.0411. The van der Waals surface area contributed by atoms with Crippen molar-refractivity contribution in [3.8, 4) is 28.4 Å². The molecule has 284 valence electrons. The molecule has 0 bridgehead atoms. The molecular weight excluding hydrogens is 708 g/mol. The summed E-state index contributed by atoms with van der Waals surface area (Å²) in [6.45, 7) is 4.40. The van der Waals surface area contributed by atoms with Crippen LogP contribution in [-0.2, 0) is 33.3 Å². The van der Waals surface area contributed by atoms with Crippen LogP contribution in [0.4, 0.5) is 0 Å². The van der Waals surface area contributed by atoms with Crippen molar-refractivity contribution in [1.82, 2.24) is 0 Å². The fraction of sp³-hybridized carbons (Fsp3) is 0.256. The third-order valence-corrected chi connectivity index (χ3v) is 8.84. The molecule has 4 aromatic carbocycles. The van der Waals surface area contributed by atoms with Crippen LogP contribution in [0.1, 0.15) is 39.1 Å². The Morgan fingerprint density at radius 2 is 1.20 bits per heavy atom. The molecule has 2 saturated heterocycles. The van der Waals surface area contributed by atoms with E-state index in [2.05, 4.69) is 6.58 Å². The second kappa shape index (κ2) is 18.7. The van der Waals surface area contributed by atoms with Crippen LogP contribution in [0, 0.1) is 0 Å². The molecule has 0 N–H and O–H groups in total. The van der Waals surface area contributed by atoms with Gasteiger partial charge in [0.15, 0.2) is 12.2 Å². The number of hydrogen-bond donors (Lipinski definition) is 0. The number of carbonyl (C=O) groups is 4. The monoisotopic (exact) mass is 748 g/mol. The number of esters is 4. The van der Waals surface area contributed by atoms with Crippen LogP contribution in [0.5, 0.6) is 17.2 Å². The third-order valence-electron chi connectivity index (χ3n) is 8.84. The van der Waals surface area contributed by atoms with Gasteiger partial charge in [0.2, 0.25) is 0 Å². The molecule has 0 radical (unpaired) electrons. The Morgan fingerprint density at radius 1 is 0.655 bits per heavy atom. The van der Waals surface area contributed by atoms with Gasteiger partial charge in [0.1, 0.15) is 29.5 Å². The largest absolute Gasteiger partial charge is 0.497 e. The minimum absolute atomic E-state index is 0.0845. The zero-order valence-corrected chi connectivity index (χ0v) is 30.1. The molecule has 2 aliphatic heterocycles. The second-order valence-corrected chi connectivity index (χ2v) is 12.6. The molecular formula is C43H40O12. The number of unbranched alkanes of at least 4 members (excludes halogenated alkanes) is 1. The normalized spacial score (nSPS) is 18.6. The first kappa shape index (κ1) is 38.5. The first-order valence-electron chi connectivity index (χ1n) is 17.7. The molecule has 2 heterocycles. The second-order valence-electron chi connectivity index (χ2n) is 12.6. The SMILES string of the molecule is C=CC(=O)OCCCCOc1ccc(-c2ccc(/C=C/C(=O)O[C@H]3CO[C@H]4[C@@H]3OC[C@H]4OC(=O)c3ccc(OC(=O)c4ccc(OC)cc4)cc3)cc2)cc1. The summed E-state index contributed by atoms with van der Waals surface area (Å²) in [6.07, 6.45) is 3.08. The Morgan fingerprint density at radius 3 is 1.82 bits per heavy atom.